The lowest BCUT2D eigenvalue weighted by Crippen LogP contribution is -2.62. The molecule has 2 unspecified atom stereocenters. The van der Waals surface area contributed by atoms with Gasteiger partial charge in [0.05, 0.1) is 12.1 Å². The van der Waals surface area contributed by atoms with Gasteiger partial charge in [0, 0.05) is 12.5 Å². The van der Waals surface area contributed by atoms with Crippen LogP contribution in [0.25, 0.3) is 0 Å². The van der Waals surface area contributed by atoms with E-state index >= 15 is 0 Å². The van der Waals surface area contributed by atoms with Gasteiger partial charge in [0.25, 0.3) is 5.91 Å². The Labute approximate surface area is 248 Å². The summed E-state index contributed by atoms with van der Waals surface area (Å²) < 4.78 is 0. The molecule has 0 aromatic heterocycles. The van der Waals surface area contributed by atoms with E-state index in [4.69, 9.17) is 5.73 Å². The van der Waals surface area contributed by atoms with Gasteiger partial charge in [-0.1, -0.05) is 68.2 Å². The summed E-state index contributed by atoms with van der Waals surface area (Å²) in [6, 6.07) is -4.18. The molecule has 11 nitrogen and oxygen atoms in total. The van der Waals surface area contributed by atoms with E-state index in [0.29, 0.717) is 13.0 Å². The van der Waals surface area contributed by atoms with Crippen LogP contribution >= 0.6 is 0 Å². The van der Waals surface area contributed by atoms with Crippen molar-refractivity contribution in [2.24, 2.45) is 45.7 Å². The molecule has 4 rings (SSSR count). The van der Waals surface area contributed by atoms with E-state index in [-0.39, 0.29) is 34.9 Å². The van der Waals surface area contributed by atoms with E-state index in [1.165, 1.54) is 4.90 Å². The molecule has 3 aliphatic carbocycles. The van der Waals surface area contributed by atoms with E-state index in [1.807, 2.05) is 41.5 Å². The van der Waals surface area contributed by atoms with Gasteiger partial charge >= 0.3 is 6.03 Å². The Balaban J connectivity index is 1.53. The number of amides is 5. The lowest BCUT2D eigenvalue weighted by Gasteiger charge is -2.38. The molecule has 234 valence electrons. The Kier molecular flexibility index (Phi) is 8.32. The number of nitrogens with zero attached hydrogens (tertiary/aromatic N) is 1. The largest absolute Gasteiger partial charge is 0.363 e. The SMILES string of the molecule is CC(C)(C)[C@H](NC(=O)N[C@H](C(=O)N1CC2[C@@H]([C@H]1C(=O)NC(CC1CC1)C(=O)C(N)=O)C2(C)C)C(C)(C)C)C(=O)C1CC1. The third-order valence-corrected chi connectivity index (χ3v) is 9.70. The molecule has 0 radical (unpaired) electrons. The first-order valence-electron chi connectivity index (χ1n) is 15.3. The number of primary amides is 1. The van der Waals surface area contributed by atoms with Gasteiger partial charge in [0.2, 0.25) is 17.6 Å². The van der Waals surface area contributed by atoms with Crippen molar-refractivity contribution < 1.29 is 28.8 Å². The smallest absolute Gasteiger partial charge is 0.316 e. The molecule has 1 heterocycles. The maximum atomic E-state index is 14.2. The minimum atomic E-state index is -1.10. The van der Waals surface area contributed by atoms with E-state index < -0.39 is 64.5 Å². The summed E-state index contributed by atoms with van der Waals surface area (Å²) in [7, 11) is 0. The molecule has 11 heteroatoms. The van der Waals surface area contributed by atoms with Crippen LogP contribution in [0.2, 0.25) is 0 Å². The van der Waals surface area contributed by atoms with Crippen LogP contribution in [0.4, 0.5) is 4.79 Å². The quantitative estimate of drug-likeness (QED) is 0.269. The summed E-state index contributed by atoms with van der Waals surface area (Å²) in [6.07, 6.45) is 3.83. The molecule has 4 aliphatic rings. The molecular weight excluding hydrogens is 538 g/mol. The number of ketones is 2. The number of fused-ring (bicyclic) bond motifs is 1. The first-order chi connectivity index (χ1) is 19.2. The predicted molar refractivity (Wildman–Crippen MR) is 156 cm³/mol. The number of nitrogens with two attached hydrogens (primary N) is 1. The van der Waals surface area contributed by atoms with Crippen molar-refractivity contribution in [3.8, 4) is 0 Å². The maximum Gasteiger partial charge on any atom is 0.316 e. The molecule has 42 heavy (non-hydrogen) atoms. The van der Waals surface area contributed by atoms with Gasteiger partial charge in [0.15, 0.2) is 5.78 Å². The number of carbonyl (C=O) groups excluding carboxylic acids is 6. The number of Topliss-reactive ketones (excluding diaryl/α,β-unsaturated/α-hetero) is 2. The molecule has 5 amide bonds. The summed E-state index contributed by atoms with van der Waals surface area (Å²) >= 11 is 0. The summed E-state index contributed by atoms with van der Waals surface area (Å²) in [5.74, 6) is -2.64. The lowest BCUT2D eigenvalue weighted by molar-refractivity contribution is -0.145. The number of hydrogen-bond donors (Lipinski definition) is 4. The average molecular weight is 588 g/mol. The topological polar surface area (TPSA) is 168 Å². The number of piperidine rings is 1. The Morgan fingerprint density at radius 1 is 0.857 bits per heavy atom. The van der Waals surface area contributed by atoms with Gasteiger partial charge in [-0.3, -0.25) is 24.0 Å². The van der Waals surface area contributed by atoms with Gasteiger partial charge < -0.3 is 26.6 Å². The highest BCUT2D eigenvalue weighted by Crippen LogP contribution is 2.65. The Morgan fingerprint density at radius 2 is 1.40 bits per heavy atom. The van der Waals surface area contributed by atoms with Crippen molar-refractivity contribution in [1.29, 1.82) is 0 Å². The van der Waals surface area contributed by atoms with Gasteiger partial charge in [0.1, 0.15) is 12.1 Å². The second-order valence-corrected chi connectivity index (χ2v) is 15.8. The van der Waals surface area contributed by atoms with Gasteiger partial charge in [-0.05, 0) is 53.3 Å². The minimum absolute atomic E-state index is 0.00106. The summed E-state index contributed by atoms with van der Waals surface area (Å²) in [5.41, 5.74) is 3.87. The first kappa shape index (κ1) is 31.9. The van der Waals surface area contributed by atoms with Crippen molar-refractivity contribution in [2.45, 2.75) is 112 Å². The van der Waals surface area contributed by atoms with Crippen LogP contribution in [0.15, 0.2) is 0 Å². The number of rotatable bonds is 11. The summed E-state index contributed by atoms with van der Waals surface area (Å²) in [5, 5.41) is 8.42. The fourth-order valence-corrected chi connectivity index (χ4v) is 6.60. The van der Waals surface area contributed by atoms with Crippen LogP contribution in [0, 0.1) is 39.9 Å². The zero-order valence-corrected chi connectivity index (χ0v) is 26.3. The molecule has 1 saturated heterocycles. The Bertz CT molecular complexity index is 1160. The van der Waals surface area contributed by atoms with E-state index in [0.717, 1.165) is 25.7 Å². The zero-order valence-electron chi connectivity index (χ0n) is 26.3. The molecule has 1 aliphatic heterocycles. The van der Waals surface area contributed by atoms with Crippen LogP contribution in [0.3, 0.4) is 0 Å². The van der Waals surface area contributed by atoms with E-state index in [1.54, 1.807) is 0 Å². The van der Waals surface area contributed by atoms with Gasteiger partial charge in [-0.25, -0.2) is 4.79 Å². The molecule has 0 aromatic carbocycles. The lowest BCUT2D eigenvalue weighted by atomic mass is 9.82. The second-order valence-electron chi connectivity index (χ2n) is 15.8. The summed E-state index contributed by atoms with van der Waals surface area (Å²) in [4.78, 5) is 80.0. The van der Waals surface area contributed by atoms with Crippen LogP contribution < -0.4 is 21.7 Å². The van der Waals surface area contributed by atoms with Crippen LogP contribution in [-0.2, 0) is 24.0 Å². The van der Waals surface area contributed by atoms with E-state index in [9.17, 15) is 28.8 Å². The minimum Gasteiger partial charge on any atom is -0.363 e. The number of carbonyl (C=O) groups is 6. The highest BCUT2D eigenvalue weighted by atomic mass is 16.2. The van der Waals surface area contributed by atoms with Crippen molar-refractivity contribution in [3.05, 3.63) is 0 Å². The Hall–Kier alpha value is -2.98. The maximum absolute atomic E-state index is 14.2. The molecule has 0 aromatic rings. The predicted octanol–water partition coefficient (Wildman–Crippen LogP) is 1.92. The van der Waals surface area contributed by atoms with Crippen molar-refractivity contribution in [2.75, 3.05) is 6.54 Å². The van der Waals surface area contributed by atoms with E-state index in [2.05, 4.69) is 29.8 Å². The molecule has 6 atom stereocenters. The monoisotopic (exact) mass is 587 g/mol. The van der Waals surface area contributed by atoms with Gasteiger partial charge in [-0.2, -0.15) is 0 Å². The Morgan fingerprint density at radius 3 is 1.88 bits per heavy atom. The van der Waals surface area contributed by atoms with Crippen molar-refractivity contribution >= 4 is 35.3 Å². The van der Waals surface area contributed by atoms with Crippen molar-refractivity contribution in [3.63, 3.8) is 0 Å². The normalized spacial score (nSPS) is 26.8. The van der Waals surface area contributed by atoms with Crippen LogP contribution in [-0.4, -0.2) is 70.9 Å². The zero-order chi connectivity index (χ0) is 31.5. The fraction of sp³-hybridized carbons (Fsp3) is 0.806. The molecule has 3 saturated carbocycles. The first-order valence-corrected chi connectivity index (χ1v) is 15.3. The standard InChI is InChI=1S/C31H49N5O6/c1-29(2,3)23(21(37)16-11-12-16)34-28(42)35-24(30(4,5)6)27(41)36-14-17-19(31(17,7)8)20(36)26(40)33-18(13-15-9-10-15)22(38)25(32)39/h15-20,23-24H,9-14H2,1-8H3,(H2,32,39)(H,33,40)(H2,34,35,42)/t17?,18?,19-,20-,23+,24+/m0/s1. The third kappa shape index (κ3) is 6.64. The highest BCUT2D eigenvalue weighted by molar-refractivity contribution is 6.37. The number of likely N-dealkylation sites (tertiary alicyclic amines) is 1. The number of nitrogens with one attached hydrogen (secondary N) is 3. The second kappa shape index (κ2) is 10.9. The number of urea groups is 1. The molecule has 0 bridgehead atoms. The summed E-state index contributed by atoms with van der Waals surface area (Å²) in [6.45, 7) is 15.6. The van der Waals surface area contributed by atoms with Crippen molar-refractivity contribution in [1.82, 2.24) is 20.9 Å². The highest BCUT2D eigenvalue weighted by Gasteiger charge is 2.70. The van der Waals surface area contributed by atoms with Gasteiger partial charge in [-0.15, -0.1) is 0 Å². The molecular formula is C31H49N5O6. The van der Waals surface area contributed by atoms with Crippen LogP contribution in [0.5, 0.6) is 0 Å². The van der Waals surface area contributed by atoms with Crippen LogP contribution in [0.1, 0.15) is 87.5 Å². The third-order valence-electron chi connectivity index (χ3n) is 9.70. The number of hydrogen-bond acceptors (Lipinski definition) is 6. The molecule has 5 N–H and O–H groups in total. The molecule has 4 fully saturated rings. The fourth-order valence-electron chi connectivity index (χ4n) is 6.60. The molecule has 0 spiro atoms. The average Bonchev–Trinajstić information content (AvgIpc) is 3.80.